The molecule has 1 aliphatic rings. The third kappa shape index (κ3) is 3.18. The number of benzene rings is 1. The van der Waals surface area contributed by atoms with E-state index in [2.05, 4.69) is 0 Å². The fourth-order valence-electron chi connectivity index (χ4n) is 2.34. The molecule has 20 heavy (non-hydrogen) atoms. The molecule has 0 N–H and O–H groups in total. The van der Waals surface area contributed by atoms with E-state index in [4.69, 9.17) is 21.1 Å². The van der Waals surface area contributed by atoms with Crippen LogP contribution in [0.2, 0.25) is 0 Å². The Bertz CT molecular complexity index is 478. The first-order chi connectivity index (χ1) is 9.69. The second-order valence-corrected chi connectivity index (χ2v) is 5.03. The molecule has 0 aromatic heterocycles. The number of rotatable bonds is 6. The summed E-state index contributed by atoms with van der Waals surface area (Å²) in [6.45, 7) is 5.66. The van der Waals surface area contributed by atoms with Crippen LogP contribution in [0.5, 0.6) is 11.5 Å². The predicted molar refractivity (Wildman–Crippen MR) is 80.0 cm³/mol. The van der Waals surface area contributed by atoms with Crippen LogP contribution >= 0.6 is 11.6 Å². The van der Waals surface area contributed by atoms with Crippen molar-refractivity contribution in [1.29, 1.82) is 0 Å². The minimum atomic E-state index is 0.113. The summed E-state index contributed by atoms with van der Waals surface area (Å²) in [6, 6.07) is 5.61. The lowest BCUT2D eigenvalue weighted by atomic mass is 10.1. The Labute approximate surface area is 124 Å². The van der Waals surface area contributed by atoms with Crippen LogP contribution in [0.3, 0.4) is 0 Å². The van der Waals surface area contributed by atoms with E-state index in [0.29, 0.717) is 43.6 Å². The standard InChI is InChI=1S/C15H20ClNO3/c1-3-19-13-6-5-12(8-14(13)20-4-2)17-10-11(9-16)7-15(17)18/h5-6,8,11H,3-4,7,9-10H2,1-2H3. The molecule has 0 bridgehead atoms. The number of ether oxygens (including phenoxy) is 2. The van der Waals surface area contributed by atoms with Gasteiger partial charge in [-0.3, -0.25) is 4.79 Å². The lowest BCUT2D eigenvalue weighted by Gasteiger charge is -2.19. The van der Waals surface area contributed by atoms with Crippen LogP contribution in [0.25, 0.3) is 0 Å². The number of hydrogen-bond acceptors (Lipinski definition) is 3. The molecule has 0 aliphatic carbocycles. The molecule has 1 aromatic rings. The number of carbonyl (C=O) groups is 1. The van der Waals surface area contributed by atoms with Gasteiger partial charge < -0.3 is 14.4 Å². The monoisotopic (exact) mass is 297 g/mol. The van der Waals surface area contributed by atoms with Crippen molar-refractivity contribution in [2.45, 2.75) is 20.3 Å². The van der Waals surface area contributed by atoms with E-state index >= 15 is 0 Å². The second-order valence-electron chi connectivity index (χ2n) is 4.73. The summed E-state index contributed by atoms with van der Waals surface area (Å²) in [4.78, 5) is 13.8. The first-order valence-corrected chi connectivity index (χ1v) is 7.49. The van der Waals surface area contributed by atoms with E-state index in [1.165, 1.54) is 0 Å². The van der Waals surface area contributed by atoms with Gasteiger partial charge >= 0.3 is 0 Å². The Morgan fingerprint density at radius 3 is 2.55 bits per heavy atom. The first-order valence-electron chi connectivity index (χ1n) is 6.95. The zero-order valence-corrected chi connectivity index (χ0v) is 12.7. The Hall–Kier alpha value is -1.42. The summed E-state index contributed by atoms with van der Waals surface area (Å²) >= 11 is 5.85. The van der Waals surface area contributed by atoms with Crippen LogP contribution in [-0.4, -0.2) is 31.5 Å². The Kier molecular flexibility index (Phi) is 5.12. The topological polar surface area (TPSA) is 38.8 Å². The van der Waals surface area contributed by atoms with E-state index in [1.807, 2.05) is 32.0 Å². The van der Waals surface area contributed by atoms with E-state index < -0.39 is 0 Å². The highest BCUT2D eigenvalue weighted by atomic mass is 35.5. The normalized spacial score (nSPS) is 18.4. The van der Waals surface area contributed by atoms with Crippen LogP contribution in [0.4, 0.5) is 5.69 Å². The lowest BCUT2D eigenvalue weighted by molar-refractivity contribution is -0.117. The number of hydrogen-bond donors (Lipinski definition) is 0. The lowest BCUT2D eigenvalue weighted by Crippen LogP contribution is -2.24. The van der Waals surface area contributed by atoms with E-state index in [-0.39, 0.29) is 11.8 Å². The summed E-state index contributed by atoms with van der Waals surface area (Å²) in [5, 5.41) is 0. The largest absolute Gasteiger partial charge is 0.490 e. The summed E-state index contributed by atoms with van der Waals surface area (Å²) in [5.41, 5.74) is 0.842. The maximum atomic E-state index is 12.0. The number of nitrogens with zero attached hydrogens (tertiary/aromatic N) is 1. The molecule has 0 radical (unpaired) electrons. The number of anilines is 1. The minimum Gasteiger partial charge on any atom is -0.490 e. The van der Waals surface area contributed by atoms with Gasteiger partial charge in [0.2, 0.25) is 5.91 Å². The first kappa shape index (κ1) is 15.0. The molecule has 1 amide bonds. The van der Waals surface area contributed by atoms with Crippen molar-refractivity contribution in [2.24, 2.45) is 5.92 Å². The minimum absolute atomic E-state index is 0.113. The Balaban J connectivity index is 2.24. The molecule has 2 rings (SSSR count). The quantitative estimate of drug-likeness (QED) is 0.758. The molecule has 1 aliphatic heterocycles. The molecule has 1 heterocycles. The zero-order valence-electron chi connectivity index (χ0n) is 11.9. The fraction of sp³-hybridized carbons (Fsp3) is 0.533. The zero-order chi connectivity index (χ0) is 14.5. The molecule has 1 atom stereocenters. The van der Waals surface area contributed by atoms with E-state index in [1.54, 1.807) is 4.90 Å². The predicted octanol–water partition coefficient (Wildman–Crippen LogP) is 3.08. The van der Waals surface area contributed by atoms with Gasteiger partial charge in [0.05, 0.1) is 13.2 Å². The molecule has 5 heteroatoms. The summed E-state index contributed by atoms with van der Waals surface area (Å²) in [7, 11) is 0. The number of amides is 1. The molecule has 1 aromatic carbocycles. The fourth-order valence-corrected chi connectivity index (χ4v) is 2.55. The van der Waals surface area contributed by atoms with Crippen molar-refractivity contribution >= 4 is 23.2 Å². The summed E-state index contributed by atoms with van der Waals surface area (Å²) in [5.74, 6) is 2.23. The maximum Gasteiger partial charge on any atom is 0.227 e. The van der Waals surface area contributed by atoms with Gasteiger partial charge in [-0.15, -0.1) is 11.6 Å². The molecule has 4 nitrogen and oxygen atoms in total. The molecule has 1 fully saturated rings. The van der Waals surface area contributed by atoms with Crippen LogP contribution in [-0.2, 0) is 4.79 Å². The second kappa shape index (κ2) is 6.84. The highest BCUT2D eigenvalue weighted by molar-refractivity contribution is 6.18. The van der Waals surface area contributed by atoms with E-state index in [9.17, 15) is 4.79 Å². The molecule has 1 unspecified atom stereocenters. The van der Waals surface area contributed by atoms with Gasteiger partial charge in [0.1, 0.15) is 0 Å². The van der Waals surface area contributed by atoms with Crippen LogP contribution < -0.4 is 14.4 Å². The molecule has 0 saturated carbocycles. The van der Waals surface area contributed by atoms with Crippen molar-refractivity contribution < 1.29 is 14.3 Å². The van der Waals surface area contributed by atoms with Gasteiger partial charge in [0, 0.05) is 30.6 Å². The average Bonchev–Trinajstić information content (AvgIpc) is 2.82. The molecule has 110 valence electrons. The number of halogens is 1. The third-order valence-corrected chi connectivity index (χ3v) is 3.70. The maximum absolute atomic E-state index is 12.0. The van der Waals surface area contributed by atoms with Gasteiger partial charge in [-0.05, 0) is 31.9 Å². The van der Waals surface area contributed by atoms with Crippen LogP contribution in [0.15, 0.2) is 18.2 Å². The van der Waals surface area contributed by atoms with Gasteiger partial charge in [-0.1, -0.05) is 0 Å². The average molecular weight is 298 g/mol. The van der Waals surface area contributed by atoms with Crippen LogP contribution in [0.1, 0.15) is 20.3 Å². The molecular weight excluding hydrogens is 278 g/mol. The highest BCUT2D eigenvalue weighted by Gasteiger charge is 2.30. The summed E-state index contributed by atoms with van der Waals surface area (Å²) in [6.07, 6.45) is 0.515. The van der Waals surface area contributed by atoms with Crippen molar-refractivity contribution in [3.8, 4) is 11.5 Å². The van der Waals surface area contributed by atoms with Crippen molar-refractivity contribution in [3.63, 3.8) is 0 Å². The highest BCUT2D eigenvalue weighted by Crippen LogP contribution is 2.34. The van der Waals surface area contributed by atoms with Gasteiger partial charge in [-0.25, -0.2) is 0 Å². The Morgan fingerprint density at radius 1 is 1.25 bits per heavy atom. The third-order valence-electron chi connectivity index (χ3n) is 3.26. The molecule has 0 spiro atoms. The summed E-state index contributed by atoms with van der Waals surface area (Å²) < 4.78 is 11.1. The van der Waals surface area contributed by atoms with Crippen molar-refractivity contribution in [2.75, 3.05) is 30.5 Å². The Morgan fingerprint density at radius 2 is 1.95 bits per heavy atom. The number of carbonyl (C=O) groups excluding carboxylic acids is 1. The van der Waals surface area contributed by atoms with Crippen LogP contribution in [0, 0.1) is 5.92 Å². The van der Waals surface area contributed by atoms with Crippen molar-refractivity contribution in [3.05, 3.63) is 18.2 Å². The van der Waals surface area contributed by atoms with Crippen molar-refractivity contribution in [1.82, 2.24) is 0 Å². The molecule has 1 saturated heterocycles. The number of alkyl halides is 1. The van der Waals surface area contributed by atoms with Gasteiger partial charge in [-0.2, -0.15) is 0 Å². The van der Waals surface area contributed by atoms with Gasteiger partial charge in [0.25, 0.3) is 0 Å². The van der Waals surface area contributed by atoms with Gasteiger partial charge in [0.15, 0.2) is 11.5 Å². The smallest absolute Gasteiger partial charge is 0.227 e. The van der Waals surface area contributed by atoms with E-state index in [0.717, 1.165) is 5.69 Å². The molecular formula is C15H20ClNO3. The SMILES string of the molecule is CCOc1ccc(N2CC(CCl)CC2=O)cc1OCC.